The summed E-state index contributed by atoms with van der Waals surface area (Å²) in [5.74, 6) is 0. The Labute approximate surface area is 126 Å². The number of hydrogen-bond donors (Lipinski definition) is 1. The summed E-state index contributed by atoms with van der Waals surface area (Å²) in [6, 6.07) is 7.57. The van der Waals surface area contributed by atoms with Crippen LogP contribution in [0.15, 0.2) is 18.2 Å². The molecule has 110 valence electrons. The van der Waals surface area contributed by atoms with Crippen molar-refractivity contribution in [3.63, 3.8) is 0 Å². The molecule has 0 amide bonds. The molecule has 0 radical (unpaired) electrons. The van der Waals surface area contributed by atoms with E-state index in [1.54, 1.807) is 0 Å². The number of fused-ring (bicyclic) bond motifs is 1. The van der Waals surface area contributed by atoms with E-state index in [1.807, 2.05) is 7.05 Å². The molecule has 3 nitrogen and oxygen atoms in total. The normalized spacial score (nSPS) is 24.8. The molecule has 2 heterocycles. The summed E-state index contributed by atoms with van der Waals surface area (Å²) in [5.41, 5.74) is 2.45. The van der Waals surface area contributed by atoms with Gasteiger partial charge in [-0.2, -0.15) is 0 Å². The minimum Gasteiger partial charge on any atom is -0.367 e. The van der Waals surface area contributed by atoms with Crippen LogP contribution in [0.25, 0.3) is 0 Å². The van der Waals surface area contributed by atoms with E-state index >= 15 is 0 Å². The third-order valence-electron chi connectivity index (χ3n) is 4.83. The maximum Gasteiger partial charge on any atom is 0.0642 e. The van der Waals surface area contributed by atoms with E-state index in [-0.39, 0.29) is 0 Å². The first-order chi connectivity index (χ1) is 9.69. The lowest BCUT2D eigenvalue weighted by atomic mass is 10.1. The van der Waals surface area contributed by atoms with Crippen LogP contribution in [0.5, 0.6) is 0 Å². The number of hydrogen-bond acceptors (Lipinski definition) is 3. The highest BCUT2D eigenvalue weighted by molar-refractivity contribution is 6.33. The van der Waals surface area contributed by atoms with Crippen molar-refractivity contribution in [2.45, 2.75) is 31.8 Å². The highest BCUT2D eigenvalue weighted by atomic mass is 35.5. The Morgan fingerprint density at radius 1 is 1.30 bits per heavy atom. The molecule has 0 aromatic heterocycles. The minimum atomic E-state index is 0.341. The Kier molecular flexibility index (Phi) is 4.20. The predicted molar refractivity (Wildman–Crippen MR) is 85.7 cm³/mol. The largest absolute Gasteiger partial charge is 0.367 e. The fraction of sp³-hybridized carbons (Fsp3) is 0.625. The average Bonchev–Trinajstić information content (AvgIpc) is 2.93. The molecule has 2 aliphatic rings. The van der Waals surface area contributed by atoms with Gasteiger partial charge in [0.15, 0.2) is 0 Å². The lowest BCUT2D eigenvalue weighted by Crippen LogP contribution is -2.50. The molecule has 0 saturated carbocycles. The van der Waals surface area contributed by atoms with E-state index in [1.165, 1.54) is 37.2 Å². The lowest BCUT2D eigenvalue weighted by Gasteiger charge is -2.39. The molecule has 2 unspecified atom stereocenters. The van der Waals surface area contributed by atoms with Gasteiger partial charge in [0, 0.05) is 31.7 Å². The van der Waals surface area contributed by atoms with Crippen LogP contribution in [0.3, 0.4) is 0 Å². The van der Waals surface area contributed by atoms with Gasteiger partial charge in [-0.15, -0.1) is 0 Å². The molecule has 0 spiro atoms. The van der Waals surface area contributed by atoms with Crippen molar-refractivity contribution in [3.05, 3.63) is 28.8 Å². The summed E-state index contributed by atoms with van der Waals surface area (Å²) >= 11 is 6.52. The van der Waals surface area contributed by atoms with Gasteiger partial charge in [-0.3, -0.25) is 4.90 Å². The van der Waals surface area contributed by atoms with E-state index in [9.17, 15) is 0 Å². The van der Waals surface area contributed by atoms with E-state index < -0.39 is 0 Å². The quantitative estimate of drug-likeness (QED) is 0.924. The summed E-state index contributed by atoms with van der Waals surface area (Å²) in [5, 5.41) is 4.14. The van der Waals surface area contributed by atoms with Gasteiger partial charge in [0.1, 0.15) is 0 Å². The summed E-state index contributed by atoms with van der Waals surface area (Å²) < 4.78 is 0. The van der Waals surface area contributed by atoms with Crippen molar-refractivity contribution < 1.29 is 0 Å². The van der Waals surface area contributed by atoms with Crippen molar-refractivity contribution in [1.29, 1.82) is 0 Å². The number of anilines is 1. The molecular weight excluding hydrogens is 270 g/mol. The number of rotatable bonds is 3. The van der Waals surface area contributed by atoms with Gasteiger partial charge in [-0.05, 0) is 51.1 Å². The summed E-state index contributed by atoms with van der Waals surface area (Å²) in [7, 11) is 1.98. The predicted octanol–water partition coefficient (Wildman–Crippen LogP) is 2.90. The fourth-order valence-electron chi connectivity index (χ4n) is 3.43. The Hall–Kier alpha value is -0.770. The molecule has 20 heavy (non-hydrogen) atoms. The van der Waals surface area contributed by atoms with Crippen LogP contribution in [0.2, 0.25) is 5.02 Å². The Bertz CT molecular complexity index is 477. The van der Waals surface area contributed by atoms with Crippen molar-refractivity contribution >= 4 is 17.3 Å². The van der Waals surface area contributed by atoms with Crippen LogP contribution in [-0.2, 0) is 0 Å². The zero-order valence-corrected chi connectivity index (χ0v) is 13.2. The lowest BCUT2D eigenvalue weighted by molar-refractivity contribution is 0.231. The zero-order chi connectivity index (χ0) is 14.1. The summed E-state index contributed by atoms with van der Waals surface area (Å²) in [6.45, 7) is 6.83. The Morgan fingerprint density at radius 3 is 2.90 bits per heavy atom. The number of halogens is 1. The standard InChI is InChI=1S/C16H24ClN3/c1-12(18-2)13-5-6-16(15(17)10-13)20-9-8-19-7-3-4-14(19)11-20/h5-6,10,12,14,18H,3-4,7-9,11H2,1-2H3. The first-order valence-electron chi connectivity index (χ1n) is 7.64. The molecule has 0 aliphatic carbocycles. The van der Waals surface area contributed by atoms with Gasteiger partial charge < -0.3 is 10.2 Å². The first-order valence-corrected chi connectivity index (χ1v) is 8.02. The second kappa shape index (κ2) is 5.92. The summed E-state index contributed by atoms with van der Waals surface area (Å²) in [4.78, 5) is 5.09. The number of piperazine rings is 1. The number of nitrogens with zero attached hydrogens (tertiary/aromatic N) is 2. The van der Waals surface area contributed by atoms with Crippen molar-refractivity contribution in [2.24, 2.45) is 0 Å². The van der Waals surface area contributed by atoms with E-state index in [4.69, 9.17) is 11.6 Å². The fourth-order valence-corrected chi connectivity index (χ4v) is 3.73. The molecule has 2 saturated heterocycles. The van der Waals surface area contributed by atoms with Gasteiger partial charge in [-0.1, -0.05) is 17.7 Å². The van der Waals surface area contributed by atoms with Crippen LogP contribution >= 0.6 is 11.6 Å². The smallest absolute Gasteiger partial charge is 0.0642 e. The topological polar surface area (TPSA) is 18.5 Å². The summed E-state index contributed by atoms with van der Waals surface area (Å²) in [6.07, 6.45) is 2.69. The average molecular weight is 294 g/mol. The van der Waals surface area contributed by atoms with Gasteiger partial charge in [0.25, 0.3) is 0 Å². The second-order valence-corrected chi connectivity index (χ2v) is 6.41. The SMILES string of the molecule is CNC(C)c1ccc(N2CCN3CCCC3C2)c(Cl)c1. The first kappa shape index (κ1) is 14.2. The van der Waals surface area contributed by atoms with Crippen LogP contribution in [-0.4, -0.2) is 44.2 Å². The maximum absolute atomic E-state index is 6.52. The van der Waals surface area contributed by atoms with Gasteiger partial charge >= 0.3 is 0 Å². The highest BCUT2D eigenvalue weighted by Crippen LogP contribution is 2.32. The van der Waals surface area contributed by atoms with Crippen molar-refractivity contribution in [2.75, 3.05) is 38.1 Å². The van der Waals surface area contributed by atoms with Crippen molar-refractivity contribution in [3.8, 4) is 0 Å². The van der Waals surface area contributed by atoms with Gasteiger partial charge in [-0.25, -0.2) is 0 Å². The molecule has 1 N–H and O–H groups in total. The van der Waals surface area contributed by atoms with Gasteiger partial charge in [0.2, 0.25) is 0 Å². The van der Waals surface area contributed by atoms with Crippen molar-refractivity contribution in [1.82, 2.24) is 10.2 Å². The molecule has 3 rings (SSSR count). The molecule has 4 heteroatoms. The second-order valence-electron chi connectivity index (χ2n) is 6.00. The Balaban J connectivity index is 1.77. The molecule has 2 fully saturated rings. The highest BCUT2D eigenvalue weighted by Gasteiger charge is 2.31. The maximum atomic E-state index is 6.52. The van der Waals surface area contributed by atoms with Gasteiger partial charge in [0.05, 0.1) is 10.7 Å². The van der Waals surface area contributed by atoms with E-state index in [0.29, 0.717) is 6.04 Å². The third kappa shape index (κ3) is 2.67. The van der Waals surface area contributed by atoms with E-state index in [0.717, 1.165) is 24.2 Å². The molecule has 2 atom stereocenters. The third-order valence-corrected chi connectivity index (χ3v) is 5.14. The van der Waals surface area contributed by atoms with Crippen LogP contribution < -0.4 is 10.2 Å². The number of benzene rings is 1. The molecule has 1 aromatic rings. The van der Waals surface area contributed by atoms with E-state index in [2.05, 4.69) is 40.2 Å². The molecule has 2 aliphatic heterocycles. The minimum absolute atomic E-state index is 0.341. The number of nitrogens with one attached hydrogen (secondary N) is 1. The van der Waals surface area contributed by atoms with Crippen LogP contribution in [0, 0.1) is 0 Å². The Morgan fingerprint density at radius 2 is 2.15 bits per heavy atom. The molecular formula is C16H24ClN3. The van der Waals surface area contributed by atoms with Crippen LogP contribution in [0.1, 0.15) is 31.4 Å². The van der Waals surface area contributed by atoms with Crippen LogP contribution in [0.4, 0.5) is 5.69 Å². The molecule has 1 aromatic carbocycles. The zero-order valence-electron chi connectivity index (χ0n) is 12.4. The monoisotopic (exact) mass is 293 g/mol. The molecule has 0 bridgehead atoms.